The molecule has 1 aromatic rings. The summed E-state index contributed by atoms with van der Waals surface area (Å²) in [5, 5.41) is 14.6. The number of nitrogens with two attached hydrogens (primary N) is 1. The number of nitrogens with one attached hydrogen (secondary N) is 3. The predicted octanol–water partition coefficient (Wildman–Crippen LogP) is 0.330. The van der Waals surface area contributed by atoms with Crippen molar-refractivity contribution in [3.8, 4) is 17.6 Å². The molecule has 1 aliphatic rings. The highest BCUT2D eigenvalue weighted by Gasteiger charge is 2.33. The zero-order valence-electron chi connectivity index (χ0n) is 16.0. The molecule has 0 aliphatic carbocycles. The van der Waals surface area contributed by atoms with Crippen molar-refractivity contribution < 1.29 is 19.5 Å². The van der Waals surface area contributed by atoms with Gasteiger partial charge >= 0.3 is 0 Å². The molecule has 6 N–H and O–H groups in total. The Kier molecular flexibility index (Phi) is 7.58. The van der Waals surface area contributed by atoms with Crippen molar-refractivity contribution in [3.05, 3.63) is 41.5 Å². The summed E-state index contributed by atoms with van der Waals surface area (Å²) >= 11 is 0. The van der Waals surface area contributed by atoms with E-state index in [1.807, 2.05) is 0 Å². The van der Waals surface area contributed by atoms with Crippen molar-refractivity contribution >= 4 is 11.8 Å². The first kappa shape index (κ1) is 21.4. The van der Waals surface area contributed by atoms with Crippen LogP contribution in [0.1, 0.15) is 30.6 Å². The number of hydroxylamine groups is 1. The van der Waals surface area contributed by atoms with Crippen LogP contribution in [0.4, 0.5) is 0 Å². The minimum Gasteiger partial charge on any atom is -0.481 e. The molecule has 1 atom stereocenters. The molecule has 0 fully saturated rings. The number of hydrogen-bond acceptors (Lipinski definition) is 6. The van der Waals surface area contributed by atoms with Gasteiger partial charge in [-0.15, -0.1) is 0 Å². The Morgan fingerprint density at radius 3 is 2.64 bits per heavy atom. The summed E-state index contributed by atoms with van der Waals surface area (Å²) in [5.74, 6) is 5.36. The van der Waals surface area contributed by atoms with Crippen molar-refractivity contribution in [1.29, 1.82) is 0 Å². The van der Waals surface area contributed by atoms with Crippen LogP contribution in [0, 0.1) is 11.8 Å². The molecule has 28 heavy (non-hydrogen) atoms. The van der Waals surface area contributed by atoms with E-state index in [-0.39, 0.29) is 6.61 Å². The van der Waals surface area contributed by atoms with Gasteiger partial charge in [0.1, 0.15) is 18.4 Å². The third-order valence-electron chi connectivity index (χ3n) is 4.13. The van der Waals surface area contributed by atoms with E-state index in [0.717, 1.165) is 25.1 Å². The third-order valence-corrected chi connectivity index (χ3v) is 4.13. The van der Waals surface area contributed by atoms with Gasteiger partial charge in [0.2, 0.25) is 0 Å². The standard InChI is InChI=1S/C20H26N4O4/c1-20(2,21)17(19(26)24-27)23-18(25)15-5-7-16(8-6-15)28-13-3-4-14-9-11-22-12-10-14/h5-9,17,22,27H,10-13,21H2,1-2H3,(H,23,25)(H,24,26)/t17-/m1/s1. The Morgan fingerprint density at radius 2 is 2.07 bits per heavy atom. The second kappa shape index (κ2) is 9.90. The van der Waals surface area contributed by atoms with Crippen LogP contribution in [0.2, 0.25) is 0 Å². The Balaban J connectivity index is 1.92. The fraction of sp³-hybridized carbons (Fsp3) is 0.400. The summed E-state index contributed by atoms with van der Waals surface area (Å²) < 4.78 is 5.56. The third kappa shape index (κ3) is 6.39. The number of rotatable bonds is 6. The molecule has 0 spiro atoms. The van der Waals surface area contributed by atoms with E-state index in [9.17, 15) is 9.59 Å². The van der Waals surface area contributed by atoms with Crippen LogP contribution < -0.4 is 26.6 Å². The van der Waals surface area contributed by atoms with Gasteiger partial charge in [-0.1, -0.05) is 17.9 Å². The lowest BCUT2D eigenvalue weighted by molar-refractivity contribution is -0.132. The second-order valence-corrected chi connectivity index (χ2v) is 7.00. The lowest BCUT2D eigenvalue weighted by Gasteiger charge is -2.29. The number of amides is 2. The molecular weight excluding hydrogens is 360 g/mol. The summed E-state index contributed by atoms with van der Waals surface area (Å²) in [6, 6.07) is 5.35. The molecule has 8 heteroatoms. The number of carbonyl (C=O) groups is 2. The average molecular weight is 386 g/mol. The Bertz CT molecular complexity index is 785. The number of benzene rings is 1. The van der Waals surface area contributed by atoms with E-state index in [2.05, 4.69) is 28.6 Å². The summed E-state index contributed by atoms with van der Waals surface area (Å²) in [4.78, 5) is 24.1. The summed E-state index contributed by atoms with van der Waals surface area (Å²) in [7, 11) is 0. The van der Waals surface area contributed by atoms with Gasteiger partial charge in [-0.2, -0.15) is 0 Å². The van der Waals surface area contributed by atoms with Gasteiger partial charge in [0, 0.05) is 29.8 Å². The van der Waals surface area contributed by atoms with Crippen LogP contribution in [0.15, 0.2) is 35.9 Å². The van der Waals surface area contributed by atoms with Crippen molar-refractivity contribution in [1.82, 2.24) is 16.1 Å². The van der Waals surface area contributed by atoms with E-state index in [1.54, 1.807) is 38.1 Å². The first-order chi connectivity index (χ1) is 13.3. The minimum absolute atomic E-state index is 0.246. The second-order valence-electron chi connectivity index (χ2n) is 7.00. The molecule has 0 aromatic heterocycles. The van der Waals surface area contributed by atoms with Gasteiger partial charge in [0.05, 0.1) is 0 Å². The fourth-order valence-corrected chi connectivity index (χ4v) is 2.58. The maximum atomic E-state index is 12.4. The molecule has 1 aliphatic heterocycles. The van der Waals surface area contributed by atoms with E-state index < -0.39 is 23.4 Å². The molecular formula is C20H26N4O4. The summed E-state index contributed by atoms with van der Waals surface area (Å²) in [6.07, 6.45) is 2.99. The quantitative estimate of drug-likeness (QED) is 0.273. The molecule has 0 saturated heterocycles. The largest absolute Gasteiger partial charge is 0.481 e. The van der Waals surface area contributed by atoms with Crippen molar-refractivity contribution in [2.24, 2.45) is 5.73 Å². The highest BCUT2D eigenvalue weighted by Crippen LogP contribution is 2.13. The Morgan fingerprint density at radius 1 is 1.36 bits per heavy atom. The zero-order chi connectivity index (χ0) is 20.6. The highest BCUT2D eigenvalue weighted by atomic mass is 16.5. The van der Waals surface area contributed by atoms with Gasteiger partial charge in [0.15, 0.2) is 0 Å². The van der Waals surface area contributed by atoms with Crippen LogP contribution in [0.25, 0.3) is 0 Å². The molecule has 150 valence electrons. The van der Waals surface area contributed by atoms with Crippen LogP contribution in [0.5, 0.6) is 5.75 Å². The molecule has 0 radical (unpaired) electrons. The number of ether oxygens (including phenoxy) is 1. The minimum atomic E-state index is -1.10. The fourth-order valence-electron chi connectivity index (χ4n) is 2.58. The van der Waals surface area contributed by atoms with Gasteiger partial charge in [0.25, 0.3) is 11.8 Å². The molecule has 0 saturated carbocycles. The van der Waals surface area contributed by atoms with E-state index in [1.165, 1.54) is 5.48 Å². The Labute approximate surface area is 164 Å². The lowest BCUT2D eigenvalue weighted by Crippen LogP contribution is -2.61. The van der Waals surface area contributed by atoms with Gasteiger partial charge < -0.3 is 21.1 Å². The first-order valence-corrected chi connectivity index (χ1v) is 8.96. The monoisotopic (exact) mass is 386 g/mol. The van der Waals surface area contributed by atoms with Crippen molar-refractivity contribution in [3.63, 3.8) is 0 Å². The molecule has 0 unspecified atom stereocenters. The number of hydrogen-bond donors (Lipinski definition) is 5. The summed E-state index contributed by atoms with van der Waals surface area (Å²) in [5.41, 5.74) is 7.80. The van der Waals surface area contributed by atoms with E-state index >= 15 is 0 Å². The number of carbonyl (C=O) groups excluding carboxylic acids is 2. The topological polar surface area (TPSA) is 126 Å². The zero-order valence-corrected chi connectivity index (χ0v) is 16.0. The molecule has 1 aromatic carbocycles. The van der Waals surface area contributed by atoms with Gasteiger partial charge in [-0.25, -0.2) is 5.48 Å². The normalized spacial score (nSPS) is 14.8. The molecule has 2 amide bonds. The maximum Gasteiger partial charge on any atom is 0.267 e. The van der Waals surface area contributed by atoms with Crippen LogP contribution in [-0.2, 0) is 4.79 Å². The first-order valence-electron chi connectivity index (χ1n) is 8.96. The maximum absolute atomic E-state index is 12.4. The SMILES string of the molecule is CC(C)(N)[C@H](NC(=O)c1ccc(OCC#CC2=CCNCC2)cc1)C(=O)NO. The van der Waals surface area contributed by atoms with Crippen LogP contribution in [-0.4, -0.2) is 48.3 Å². The highest BCUT2D eigenvalue weighted by molar-refractivity contribution is 5.97. The predicted molar refractivity (Wildman–Crippen MR) is 105 cm³/mol. The average Bonchev–Trinajstić information content (AvgIpc) is 2.69. The van der Waals surface area contributed by atoms with Crippen molar-refractivity contribution in [2.75, 3.05) is 19.7 Å². The van der Waals surface area contributed by atoms with E-state index in [4.69, 9.17) is 15.7 Å². The van der Waals surface area contributed by atoms with Crippen LogP contribution >= 0.6 is 0 Å². The Hall–Kier alpha value is -2.86. The molecule has 8 nitrogen and oxygen atoms in total. The molecule has 1 heterocycles. The van der Waals surface area contributed by atoms with Gasteiger partial charge in [-0.05, 0) is 44.5 Å². The van der Waals surface area contributed by atoms with Gasteiger partial charge in [-0.3, -0.25) is 14.8 Å². The molecule has 0 bridgehead atoms. The van der Waals surface area contributed by atoms with Crippen molar-refractivity contribution in [2.45, 2.75) is 31.8 Å². The molecule has 2 rings (SSSR count). The van der Waals surface area contributed by atoms with E-state index in [0.29, 0.717) is 11.3 Å². The lowest BCUT2D eigenvalue weighted by atomic mass is 9.95. The smallest absolute Gasteiger partial charge is 0.267 e. The summed E-state index contributed by atoms with van der Waals surface area (Å²) in [6.45, 7) is 5.18. The van der Waals surface area contributed by atoms with Crippen LogP contribution in [0.3, 0.4) is 0 Å².